The summed E-state index contributed by atoms with van der Waals surface area (Å²) in [5.41, 5.74) is 0.690. The van der Waals surface area contributed by atoms with E-state index in [-0.39, 0.29) is 18.3 Å². The Morgan fingerprint density at radius 2 is 2.21 bits per heavy atom. The average molecular weight is 323 g/mol. The summed E-state index contributed by atoms with van der Waals surface area (Å²) in [4.78, 5) is 17.6. The molecule has 4 nitrogen and oxygen atoms in total. The summed E-state index contributed by atoms with van der Waals surface area (Å²) in [6.07, 6.45) is 0.453. The van der Waals surface area contributed by atoms with Gasteiger partial charge in [0.1, 0.15) is 0 Å². The Kier molecular flexibility index (Phi) is 5.91. The van der Waals surface area contributed by atoms with Gasteiger partial charge in [-0.2, -0.15) is 0 Å². The van der Waals surface area contributed by atoms with Gasteiger partial charge in [-0.1, -0.05) is 30.1 Å². The SMILES string of the molecule is CCC(=O)N1CCN=C1Nc1ccc(Cl)cc1Cl.Cl. The van der Waals surface area contributed by atoms with Gasteiger partial charge in [0.2, 0.25) is 11.9 Å². The second-order valence-corrected chi connectivity index (χ2v) is 4.70. The van der Waals surface area contributed by atoms with Crippen LogP contribution in [0.15, 0.2) is 23.2 Å². The number of rotatable bonds is 2. The Labute approximate surface area is 128 Å². The highest BCUT2D eigenvalue weighted by Crippen LogP contribution is 2.26. The van der Waals surface area contributed by atoms with Crippen molar-refractivity contribution < 1.29 is 4.79 Å². The van der Waals surface area contributed by atoms with Gasteiger partial charge in [0.25, 0.3) is 0 Å². The summed E-state index contributed by atoms with van der Waals surface area (Å²) < 4.78 is 0. The van der Waals surface area contributed by atoms with Crippen molar-refractivity contribution in [3.8, 4) is 0 Å². The van der Waals surface area contributed by atoms with Crippen LogP contribution in [0.3, 0.4) is 0 Å². The zero-order valence-corrected chi connectivity index (χ0v) is 12.6. The van der Waals surface area contributed by atoms with E-state index in [1.165, 1.54) is 0 Å². The number of carbonyl (C=O) groups excluding carboxylic acids is 1. The van der Waals surface area contributed by atoms with Gasteiger partial charge in [-0.25, -0.2) is 0 Å². The molecule has 1 aromatic carbocycles. The van der Waals surface area contributed by atoms with Crippen molar-refractivity contribution in [2.75, 3.05) is 18.4 Å². The first kappa shape index (κ1) is 16.1. The molecule has 0 aromatic heterocycles. The molecule has 1 amide bonds. The number of hydrogen-bond donors (Lipinski definition) is 1. The molecule has 0 saturated carbocycles. The fourth-order valence-corrected chi connectivity index (χ4v) is 2.15. The lowest BCUT2D eigenvalue weighted by Gasteiger charge is -2.19. The summed E-state index contributed by atoms with van der Waals surface area (Å²) in [6.45, 7) is 3.05. The van der Waals surface area contributed by atoms with Gasteiger partial charge in [-0.05, 0) is 18.2 Å². The standard InChI is InChI=1S/C12H13Cl2N3O.ClH/c1-2-11(18)17-6-5-15-12(17)16-10-4-3-8(13)7-9(10)14;/h3-4,7H,2,5-6H2,1H3,(H,15,16);1H. The highest BCUT2D eigenvalue weighted by Gasteiger charge is 2.22. The highest BCUT2D eigenvalue weighted by atomic mass is 35.5. The number of nitrogens with one attached hydrogen (secondary N) is 1. The maximum Gasteiger partial charge on any atom is 0.229 e. The lowest BCUT2D eigenvalue weighted by atomic mass is 10.3. The van der Waals surface area contributed by atoms with Gasteiger partial charge >= 0.3 is 0 Å². The summed E-state index contributed by atoms with van der Waals surface area (Å²) in [6, 6.07) is 5.14. The van der Waals surface area contributed by atoms with Crippen molar-refractivity contribution in [2.45, 2.75) is 13.3 Å². The third-order valence-corrected chi connectivity index (χ3v) is 3.17. The van der Waals surface area contributed by atoms with Crippen molar-refractivity contribution in [3.05, 3.63) is 28.2 Å². The minimum atomic E-state index is 0. The van der Waals surface area contributed by atoms with E-state index < -0.39 is 0 Å². The molecule has 1 N–H and O–H groups in total. The van der Waals surface area contributed by atoms with Crippen LogP contribution in [0, 0.1) is 0 Å². The third kappa shape index (κ3) is 3.75. The van der Waals surface area contributed by atoms with E-state index in [9.17, 15) is 4.79 Å². The number of guanidine groups is 1. The Bertz CT molecular complexity index is 505. The highest BCUT2D eigenvalue weighted by molar-refractivity contribution is 6.36. The second-order valence-electron chi connectivity index (χ2n) is 3.85. The molecule has 0 radical (unpaired) electrons. The Morgan fingerprint density at radius 1 is 1.47 bits per heavy atom. The van der Waals surface area contributed by atoms with Crippen LogP contribution in [0.2, 0.25) is 10.0 Å². The Hall–Kier alpha value is -0.970. The number of benzene rings is 1. The van der Waals surface area contributed by atoms with Gasteiger partial charge in [0, 0.05) is 18.0 Å². The van der Waals surface area contributed by atoms with Gasteiger partial charge in [-0.3, -0.25) is 14.7 Å². The molecule has 1 aromatic rings. The van der Waals surface area contributed by atoms with E-state index in [0.717, 1.165) is 0 Å². The molecule has 0 aliphatic carbocycles. The molecule has 0 saturated heterocycles. The zero-order chi connectivity index (χ0) is 13.1. The monoisotopic (exact) mass is 321 g/mol. The van der Waals surface area contributed by atoms with Gasteiger partial charge in [0.05, 0.1) is 17.3 Å². The molecule has 104 valence electrons. The second kappa shape index (κ2) is 6.98. The number of aliphatic imine (C=N–C) groups is 1. The zero-order valence-electron chi connectivity index (χ0n) is 10.3. The molecule has 2 rings (SSSR count). The van der Waals surface area contributed by atoms with Crippen LogP contribution in [0.5, 0.6) is 0 Å². The smallest absolute Gasteiger partial charge is 0.229 e. The van der Waals surface area contributed by atoms with E-state index in [4.69, 9.17) is 23.2 Å². The van der Waals surface area contributed by atoms with Crippen molar-refractivity contribution in [1.82, 2.24) is 4.90 Å². The van der Waals surface area contributed by atoms with E-state index in [1.807, 2.05) is 6.92 Å². The summed E-state index contributed by atoms with van der Waals surface area (Å²) in [7, 11) is 0. The Morgan fingerprint density at radius 3 is 2.84 bits per heavy atom. The average Bonchev–Trinajstić information content (AvgIpc) is 2.80. The maximum atomic E-state index is 11.7. The molecule has 7 heteroatoms. The fraction of sp³-hybridized carbons (Fsp3) is 0.333. The first-order valence-corrected chi connectivity index (χ1v) is 6.44. The van der Waals surface area contributed by atoms with Crippen LogP contribution in [0.1, 0.15) is 13.3 Å². The quantitative estimate of drug-likeness (QED) is 0.906. The van der Waals surface area contributed by atoms with Crippen molar-refractivity contribution in [2.24, 2.45) is 4.99 Å². The first-order valence-electron chi connectivity index (χ1n) is 5.68. The van der Waals surface area contributed by atoms with E-state index in [0.29, 0.717) is 41.2 Å². The Balaban J connectivity index is 0.00000180. The number of carbonyl (C=O) groups is 1. The molecule has 1 aliphatic rings. The minimum absolute atomic E-state index is 0. The number of nitrogens with zero attached hydrogens (tertiary/aromatic N) is 2. The first-order chi connectivity index (χ1) is 8.61. The van der Waals surface area contributed by atoms with Crippen molar-refractivity contribution in [1.29, 1.82) is 0 Å². The molecule has 0 unspecified atom stereocenters. The van der Waals surface area contributed by atoms with Crippen LogP contribution in [-0.4, -0.2) is 29.9 Å². The van der Waals surface area contributed by atoms with Crippen molar-refractivity contribution in [3.63, 3.8) is 0 Å². The number of halogens is 3. The largest absolute Gasteiger partial charge is 0.325 e. The molecule has 0 spiro atoms. The van der Waals surface area contributed by atoms with Gasteiger partial charge < -0.3 is 5.32 Å². The molecular formula is C12H14Cl3N3O. The van der Waals surface area contributed by atoms with E-state index in [2.05, 4.69) is 10.3 Å². The molecular weight excluding hydrogens is 309 g/mol. The van der Waals surface area contributed by atoms with Crippen LogP contribution >= 0.6 is 35.6 Å². The maximum absolute atomic E-state index is 11.7. The number of anilines is 1. The van der Waals surface area contributed by atoms with Crippen LogP contribution in [0.25, 0.3) is 0 Å². The summed E-state index contributed by atoms with van der Waals surface area (Å²) in [5.74, 6) is 0.593. The lowest BCUT2D eigenvalue weighted by molar-refractivity contribution is -0.126. The minimum Gasteiger partial charge on any atom is -0.325 e. The third-order valence-electron chi connectivity index (χ3n) is 2.62. The molecule has 1 aliphatic heterocycles. The molecule has 0 bridgehead atoms. The van der Waals surface area contributed by atoms with E-state index in [1.54, 1.807) is 23.1 Å². The lowest BCUT2D eigenvalue weighted by Crippen LogP contribution is -2.37. The number of hydrogen-bond acceptors (Lipinski definition) is 3. The predicted molar refractivity (Wildman–Crippen MR) is 81.6 cm³/mol. The van der Waals surface area contributed by atoms with Gasteiger partial charge in [-0.15, -0.1) is 12.4 Å². The number of amides is 1. The predicted octanol–water partition coefficient (Wildman–Crippen LogP) is 3.44. The molecule has 0 atom stereocenters. The van der Waals surface area contributed by atoms with Crippen molar-refractivity contribution >= 4 is 53.2 Å². The molecule has 0 fully saturated rings. The summed E-state index contributed by atoms with van der Waals surface area (Å²) in [5, 5.41) is 4.14. The molecule has 19 heavy (non-hydrogen) atoms. The van der Waals surface area contributed by atoms with Gasteiger partial charge in [0.15, 0.2) is 0 Å². The van der Waals surface area contributed by atoms with Crippen LogP contribution in [-0.2, 0) is 4.79 Å². The normalized spacial score (nSPS) is 13.8. The molecule has 1 heterocycles. The summed E-state index contributed by atoms with van der Waals surface area (Å²) >= 11 is 11.9. The topological polar surface area (TPSA) is 44.7 Å². The van der Waals surface area contributed by atoms with Crippen LogP contribution in [0.4, 0.5) is 5.69 Å². The fourth-order valence-electron chi connectivity index (χ4n) is 1.70. The van der Waals surface area contributed by atoms with Crippen LogP contribution < -0.4 is 5.32 Å². The van der Waals surface area contributed by atoms with E-state index >= 15 is 0 Å².